The Morgan fingerprint density at radius 2 is 2.00 bits per heavy atom. The Kier molecular flexibility index (Phi) is 4.47. The molecule has 0 saturated heterocycles. The minimum absolute atomic E-state index is 0.0370. The van der Waals surface area contributed by atoms with Crippen molar-refractivity contribution in [1.82, 2.24) is 9.88 Å². The number of aryl methyl sites for hydroxylation is 1. The molecule has 1 amide bonds. The lowest BCUT2D eigenvalue weighted by Crippen LogP contribution is -2.44. The second-order valence-electron chi connectivity index (χ2n) is 5.44. The van der Waals surface area contributed by atoms with Crippen LogP contribution < -0.4 is 16.6 Å². The number of pyridine rings is 1. The van der Waals surface area contributed by atoms with Crippen molar-refractivity contribution in [3.8, 4) is 0 Å². The Bertz CT molecular complexity index is 570. The summed E-state index contributed by atoms with van der Waals surface area (Å²) in [5.74, 6) is -0.224. The van der Waals surface area contributed by atoms with Crippen LogP contribution in [-0.4, -0.2) is 21.0 Å². The molecule has 3 N–H and O–H groups in total. The number of carbonyl (C=O) groups excluding carboxylic acids is 1. The van der Waals surface area contributed by atoms with Crippen LogP contribution in [0.2, 0.25) is 0 Å². The summed E-state index contributed by atoms with van der Waals surface area (Å²) in [5.41, 5.74) is 5.75. The van der Waals surface area contributed by atoms with Crippen LogP contribution in [0, 0.1) is 6.92 Å². The van der Waals surface area contributed by atoms with Crippen molar-refractivity contribution in [2.24, 2.45) is 5.73 Å². The second kappa shape index (κ2) is 5.52. The zero-order valence-corrected chi connectivity index (χ0v) is 12.4. The van der Waals surface area contributed by atoms with E-state index in [-0.39, 0.29) is 34.1 Å². The van der Waals surface area contributed by atoms with Gasteiger partial charge >= 0.3 is 0 Å². The molecule has 0 atom stereocenters. The molecular weight excluding hydrogens is 262 g/mol. The van der Waals surface area contributed by atoms with E-state index in [1.807, 2.05) is 20.8 Å². The Labute approximate surface area is 117 Å². The predicted octanol–water partition coefficient (Wildman–Crippen LogP) is 0.706. The second-order valence-corrected chi connectivity index (χ2v) is 5.88. The van der Waals surface area contributed by atoms with Gasteiger partial charge in [0.2, 0.25) is 5.91 Å². The highest BCUT2D eigenvalue weighted by Crippen LogP contribution is 2.01. The average Bonchev–Trinajstić information content (AvgIpc) is 2.21. The first-order chi connectivity index (χ1) is 8.61. The number of thiocarbonyl (C=S) groups is 1. The Balaban J connectivity index is 3.08. The highest BCUT2D eigenvalue weighted by molar-refractivity contribution is 7.80. The summed E-state index contributed by atoms with van der Waals surface area (Å²) in [6, 6.07) is 3.30. The first kappa shape index (κ1) is 15.4. The smallest absolute Gasteiger partial charge is 0.261 e. The molecule has 5 nitrogen and oxygen atoms in total. The molecule has 0 aliphatic carbocycles. The lowest BCUT2D eigenvalue weighted by molar-refractivity contribution is -0.123. The zero-order chi connectivity index (χ0) is 14.8. The molecule has 0 radical (unpaired) electrons. The van der Waals surface area contributed by atoms with Crippen LogP contribution in [0.25, 0.3) is 0 Å². The van der Waals surface area contributed by atoms with E-state index >= 15 is 0 Å². The van der Waals surface area contributed by atoms with Crippen LogP contribution in [0.4, 0.5) is 0 Å². The quantitative estimate of drug-likeness (QED) is 0.800. The van der Waals surface area contributed by atoms with Gasteiger partial charge in [0.25, 0.3) is 5.56 Å². The van der Waals surface area contributed by atoms with Crippen LogP contribution in [-0.2, 0) is 11.3 Å². The van der Waals surface area contributed by atoms with E-state index in [2.05, 4.69) is 5.32 Å². The summed E-state index contributed by atoms with van der Waals surface area (Å²) in [7, 11) is 0. The van der Waals surface area contributed by atoms with Crippen molar-refractivity contribution in [3.63, 3.8) is 0 Å². The molecule has 0 unspecified atom stereocenters. The van der Waals surface area contributed by atoms with Gasteiger partial charge in [-0.15, -0.1) is 0 Å². The zero-order valence-electron chi connectivity index (χ0n) is 11.6. The molecule has 1 rings (SSSR count). The highest BCUT2D eigenvalue weighted by atomic mass is 32.1. The molecule has 0 saturated carbocycles. The Hall–Kier alpha value is -1.69. The summed E-state index contributed by atoms with van der Waals surface area (Å²) in [5, 5.41) is 2.81. The fraction of sp³-hybridized carbons (Fsp3) is 0.462. The molecule has 0 aliphatic heterocycles. The van der Waals surface area contributed by atoms with E-state index in [0.717, 1.165) is 0 Å². The molecule has 1 aromatic rings. The largest absolute Gasteiger partial charge is 0.389 e. The summed E-state index contributed by atoms with van der Waals surface area (Å²) < 4.78 is 1.37. The molecular formula is C13H19N3O2S. The van der Waals surface area contributed by atoms with Gasteiger partial charge in [-0.3, -0.25) is 9.59 Å². The van der Waals surface area contributed by atoms with Gasteiger partial charge in [0.1, 0.15) is 11.5 Å². The third kappa shape index (κ3) is 4.17. The fourth-order valence-electron chi connectivity index (χ4n) is 1.66. The van der Waals surface area contributed by atoms with E-state index in [9.17, 15) is 9.59 Å². The minimum Gasteiger partial charge on any atom is -0.389 e. The number of nitrogens with zero attached hydrogens (tertiary/aromatic N) is 1. The molecule has 1 aromatic heterocycles. The SMILES string of the molecule is Cc1ccc(C(N)=S)c(=O)n1CC(=O)NC(C)(C)C. The summed E-state index contributed by atoms with van der Waals surface area (Å²) in [4.78, 5) is 24.1. The number of aromatic nitrogens is 1. The van der Waals surface area contributed by atoms with Crippen molar-refractivity contribution in [2.45, 2.75) is 39.8 Å². The molecule has 1 heterocycles. The molecule has 0 spiro atoms. The van der Waals surface area contributed by atoms with Crippen molar-refractivity contribution in [3.05, 3.63) is 33.7 Å². The van der Waals surface area contributed by atoms with E-state index in [1.54, 1.807) is 19.1 Å². The summed E-state index contributed by atoms with van der Waals surface area (Å²) in [6.45, 7) is 7.36. The Morgan fingerprint density at radius 3 is 2.47 bits per heavy atom. The van der Waals surface area contributed by atoms with Crippen LogP contribution in [0.1, 0.15) is 32.0 Å². The standard InChI is InChI=1S/C13H19N3O2S/c1-8-5-6-9(11(14)19)12(18)16(8)7-10(17)15-13(2,3)4/h5-6H,7H2,1-4H3,(H2,14,19)(H,15,17). The first-order valence-corrected chi connectivity index (χ1v) is 6.34. The van der Waals surface area contributed by atoms with Crippen LogP contribution in [0.5, 0.6) is 0 Å². The summed E-state index contributed by atoms with van der Waals surface area (Å²) >= 11 is 4.82. The van der Waals surface area contributed by atoms with E-state index in [4.69, 9.17) is 18.0 Å². The minimum atomic E-state index is -0.338. The molecule has 0 aliphatic rings. The maximum atomic E-state index is 12.1. The number of carbonyl (C=O) groups is 1. The van der Waals surface area contributed by atoms with E-state index in [0.29, 0.717) is 5.69 Å². The summed E-state index contributed by atoms with van der Waals surface area (Å²) in [6.07, 6.45) is 0. The highest BCUT2D eigenvalue weighted by Gasteiger charge is 2.16. The van der Waals surface area contributed by atoms with Gasteiger partial charge in [-0.25, -0.2) is 0 Å². The van der Waals surface area contributed by atoms with E-state index < -0.39 is 0 Å². The van der Waals surface area contributed by atoms with Gasteiger partial charge in [-0.05, 0) is 39.8 Å². The Morgan fingerprint density at radius 1 is 1.42 bits per heavy atom. The molecule has 0 bridgehead atoms. The molecule has 104 valence electrons. The third-order valence-electron chi connectivity index (χ3n) is 2.47. The molecule has 6 heteroatoms. The van der Waals surface area contributed by atoms with Gasteiger partial charge in [0, 0.05) is 11.2 Å². The number of nitrogens with one attached hydrogen (secondary N) is 1. The number of amides is 1. The number of hydrogen-bond donors (Lipinski definition) is 2. The molecule has 0 aromatic carbocycles. The predicted molar refractivity (Wildman–Crippen MR) is 79.2 cm³/mol. The lowest BCUT2D eigenvalue weighted by atomic mass is 10.1. The van der Waals surface area contributed by atoms with Crippen molar-refractivity contribution in [1.29, 1.82) is 0 Å². The van der Waals surface area contributed by atoms with E-state index in [1.165, 1.54) is 4.57 Å². The van der Waals surface area contributed by atoms with Crippen molar-refractivity contribution < 1.29 is 4.79 Å². The van der Waals surface area contributed by atoms with Crippen LogP contribution in [0.15, 0.2) is 16.9 Å². The van der Waals surface area contributed by atoms with Crippen LogP contribution >= 0.6 is 12.2 Å². The third-order valence-corrected chi connectivity index (χ3v) is 2.69. The number of hydrogen-bond acceptors (Lipinski definition) is 3. The maximum Gasteiger partial charge on any atom is 0.261 e. The topological polar surface area (TPSA) is 77.1 Å². The monoisotopic (exact) mass is 281 g/mol. The maximum absolute atomic E-state index is 12.1. The van der Waals surface area contributed by atoms with Crippen molar-refractivity contribution in [2.75, 3.05) is 0 Å². The van der Waals surface area contributed by atoms with Gasteiger partial charge in [-0.2, -0.15) is 0 Å². The van der Waals surface area contributed by atoms with Crippen molar-refractivity contribution >= 4 is 23.1 Å². The average molecular weight is 281 g/mol. The van der Waals surface area contributed by atoms with Gasteiger partial charge in [-0.1, -0.05) is 12.2 Å². The van der Waals surface area contributed by atoms with Gasteiger partial charge in [0.15, 0.2) is 0 Å². The van der Waals surface area contributed by atoms with Crippen LogP contribution in [0.3, 0.4) is 0 Å². The molecule has 0 fully saturated rings. The first-order valence-electron chi connectivity index (χ1n) is 5.93. The normalized spacial score (nSPS) is 11.2. The lowest BCUT2D eigenvalue weighted by Gasteiger charge is -2.21. The fourth-order valence-corrected chi connectivity index (χ4v) is 1.81. The van der Waals surface area contributed by atoms with Gasteiger partial charge < -0.3 is 15.6 Å². The number of rotatable bonds is 3. The van der Waals surface area contributed by atoms with Gasteiger partial charge in [0.05, 0.1) is 5.56 Å². The number of nitrogens with two attached hydrogens (primary N) is 1. The molecule has 19 heavy (non-hydrogen) atoms.